The third kappa shape index (κ3) is 2.12. The molecular formula is C16H13N5O4. The first-order valence-corrected chi connectivity index (χ1v) is 7.59. The van der Waals surface area contributed by atoms with E-state index in [1.54, 1.807) is 29.9 Å². The van der Waals surface area contributed by atoms with Gasteiger partial charge in [0.05, 0.1) is 16.1 Å². The van der Waals surface area contributed by atoms with Crippen LogP contribution in [-0.4, -0.2) is 36.0 Å². The Morgan fingerprint density at radius 3 is 2.80 bits per heavy atom. The monoisotopic (exact) mass is 339 g/mol. The Bertz CT molecular complexity index is 1030. The lowest BCUT2D eigenvalue weighted by Crippen LogP contribution is -2.09. The molecule has 1 aromatic carbocycles. The molecule has 0 saturated carbocycles. The zero-order valence-electron chi connectivity index (χ0n) is 13.2. The van der Waals surface area contributed by atoms with E-state index in [9.17, 15) is 20.0 Å². The normalized spacial score (nSPS) is 12.5. The van der Waals surface area contributed by atoms with Gasteiger partial charge in [-0.05, 0) is 18.9 Å². The largest absolute Gasteiger partial charge is 0.477 e. The number of aryl methyl sites for hydroxylation is 1. The number of nitrogens with one attached hydrogen (secondary N) is 1. The van der Waals surface area contributed by atoms with Crippen LogP contribution < -0.4 is 0 Å². The van der Waals surface area contributed by atoms with E-state index in [0.717, 1.165) is 5.69 Å². The fraction of sp³-hybridized carbons (Fsp3) is 0.188. The maximum absolute atomic E-state index is 11.4. The Balaban J connectivity index is 2.00. The molecule has 3 aromatic rings. The second kappa shape index (κ2) is 5.26. The van der Waals surface area contributed by atoms with Crippen LogP contribution in [-0.2, 0) is 19.9 Å². The van der Waals surface area contributed by atoms with Crippen molar-refractivity contribution in [3.05, 3.63) is 51.3 Å². The molecule has 1 aliphatic carbocycles. The molecule has 2 heterocycles. The Morgan fingerprint density at radius 1 is 1.32 bits per heavy atom. The fourth-order valence-corrected chi connectivity index (χ4v) is 3.35. The van der Waals surface area contributed by atoms with E-state index in [1.807, 2.05) is 0 Å². The molecule has 9 nitrogen and oxygen atoms in total. The predicted octanol–water partition coefficient (Wildman–Crippen LogP) is 2.18. The molecule has 1 aliphatic rings. The number of rotatable bonds is 3. The molecule has 0 unspecified atom stereocenters. The van der Waals surface area contributed by atoms with Crippen molar-refractivity contribution >= 4 is 11.7 Å². The number of para-hydroxylation sites is 1. The van der Waals surface area contributed by atoms with Gasteiger partial charge in [-0.25, -0.2) is 4.79 Å². The van der Waals surface area contributed by atoms with Gasteiger partial charge in [0, 0.05) is 24.4 Å². The highest BCUT2D eigenvalue weighted by Gasteiger charge is 2.32. The van der Waals surface area contributed by atoms with Gasteiger partial charge in [-0.2, -0.15) is 10.2 Å². The highest BCUT2D eigenvalue weighted by molar-refractivity contribution is 5.93. The first-order valence-electron chi connectivity index (χ1n) is 7.59. The van der Waals surface area contributed by atoms with E-state index in [-0.39, 0.29) is 11.4 Å². The molecule has 4 rings (SSSR count). The number of aromatic carboxylic acids is 1. The molecule has 0 aliphatic heterocycles. The van der Waals surface area contributed by atoms with Crippen LogP contribution in [0.1, 0.15) is 21.7 Å². The summed E-state index contributed by atoms with van der Waals surface area (Å²) < 4.78 is 1.68. The molecule has 126 valence electrons. The number of H-pyrrole nitrogens is 1. The highest BCUT2D eigenvalue weighted by atomic mass is 16.6. The zero-order chi connectivity index (χ0) is 17.7. The standard InChI is InChI=1S/C16H13N5O4/c1-20-11-7-6-9-13(17-18-15(9)16(22)23)12(11)14(19-20)8-4-2-3-5-10(8)21(24)25/h2-5H,6-7H2,1H3,(H,17,18)(H,22,23). The lowest BCUT2D eigenvalue weighted by molar-refractivity contribution is -0.384. The number of benzene rings is 1. The van der Waals surface area contributed by atoms with Crippen molar-refractivity contribution in [3.63, 3.8) is 0 Å². The van der Waals surface area contributed by atoms with Crippen LogP contribution in [0.2, 0.25) is 0 Å². The zero-order valence-corrected chi connectivity index (χ0v) is 13.2. The minimum atomic E-state index is -1.08. The summed E-state index contributed by atoms with van der Waals surface area (Å²) in [6.45, 7) is 0. The Morgan fingerprint density at radius 2 is 2.08 bits per heavy atom. The third-order valence-electron chi connectivity index (χ3n) is 4.45. The van der Waals surface area contributed by atoms with Crippen LogP contribution in [0, 0.1) is 10.1 Å². The summed E-state index contributed by atoms with van der Waals surface area (Å²) in [5.74, 6) is -1.08. The van der Waals surface area contributed by atoms with Gasteiger partial charge in [0.25, 0.3) is 5.69 Å². The van der Waals surface area contributed by atoms with Crippen molar-refractivity contribution in [1.29, 1.82) is 0 Å². The molecule has 0 atom stereocenters. The number of nitrogens with zero attached hydrogens (tertiary/aromatic N) is 4. The minimum absolute atomic E-state index is 0.0514. The van der Waals surface area contributed by atoms with E-state index < -0.39 is 10.9 Å². The van der Waals surface area contributed by atoms with E-state index in [4.69, 9.17) is 0 Å². The molecule has 9 heteroatoms. The summed E-state index contributed by atoms with van der Waals surface area (Å²) >= 11 is 0. The van der Waals surface area contributed by atoms with Crippen molar-refractivity contribution in [2.45, 2.75) is 12.8 Å². The van der Waals surface area contributed by atoms with E-state index in [0.29, 0.717) is 40.9 Å². The van der Waals surface area contributed by atoms with Gasteiger partial charge in [0.2, 0.25) is 0 Å². The Hall–Kier alpha value is -3.49. The van der Waals surface area contributed by atoms with E-state index >= 15 is 0 Å². The number of hydrogen-bond acceptors (Lipinski definition) is 5. The number of nitro benzene ring substituents is 1. The van der Waals surface area contributed by atoms with Gasteiger partial charge >= 0.3 is 5.97 Å². The van der Waals surface area contributed by atoms with Gasteiger partial charge in [-0.15, -0.1) is 0 Å². The van der Waals surface area contributed by atoms with Crippen LogP contribution in [0.15, 0.2) is 24.3 Å². The Kier molecular flexibility index (Phi) is 3.17. The number of hydrogen-bond donors (Lipinski definition) is 2. The number of carboxylic acid groups (broad SMARTS) is 1. The van der Waals surface area contributed by atoms with Crippen LogP contribution >= 0.6 is 0 Å². The first-order chi connectivity index (χ1) is 12.0. The second-order valence-electron chi connectivity index (χ2n) is 5.80. The van der Waals surface area contributed by atoms with Gasteiger partial charge in [0.15, 0.2) is 0 Å². The smallest absolute Gasteiger partial charge is 0.354 e. The number of carbonyl (C=O) groups is 1. The summed E-state index contributed by atoms with van der Waals surface area (Å²) in [5.41, 5.74) is 3.47. The highest BCUT2D eigenvalue weighted by Crippen LogP contribution is 2.42. The first kappa shape index (κ1) is 15.1. The van der Waals surface area contributed by atoms with Crippen molar-refractivity contribution < 1.29 is 14.8 Å². The number of aromatic nitrogens is 4. The SMILES string of the molecule is Cn1nc(-c2ccccc2[N+](=O)[O-])c2c1CCc1c-2n[nH]c1C(=O)O. The molecule has 0 bridgehead atoms. The van der Waals surface area contributed by atoms with Crippen molar-refractivity contribution in [2.75, 3.05) is 0 Å². The van der Waals surface area contributed by atoms with Gasteiger partial charge in [0.1, 0.15) is 17.1 Å². The molecule has 0 radical (unpaired) electrons. The molecule has 25 heavy (non-hydrogen) atoms. The number of nitro groups is 1. The fourth-order valence-electron chi connectivity index (χ4n) is 3.35. The maximum atomic E-state index is 11.4. The number of fused-ring (bicyclic) bond motifs is 3. The molecule has 0 amide bonds. The molecule has 2 N–H and O–H groups in total. The van der Waals surface area contributed by atoms with Gasteiger partial charge in [-0.1, -0.05) is 12.1 Å². The van der Waals surface area contributed by atoms with Crippen molar-refractivity contribution in [3.8, 4) is 22.5 Å². The molecule has 0 spiro atoms. The quantitative estimate of drug-likeness (QED) is 0.556. The summed E-state index contributed by atoms with van der Waals surface area (Å²) in [7, 11) is 1.77. The van der Waals surface area contributed by atoms with Crippen molar-refractivity contribution in [2.24, 2.45) is 7.05 Å². The maximum Gasteiger partial charge on any atom is 0.354 e. The summed E-state index contributed by atoms with van der Waals surface area (Å²) in [5, 5.41) is 31.9. The topological polar surface area (TPSA) is 127 Å². The second-order valence-corrected chi connectivity index (χ2v) is 5.80. The van der Waals surface area contributed by atoms with Gasteiger partial charge in [-0.3, -0.25) is 19.9 Å². The van der Waals surface area contributed by atoms with Crippen LogP contribution in [0.4, 0.5) is 5.69 Å². The summed E-state index contributed by atoms with van der Waals surface area (Å²) in [4.78, 5) is 22.3. The third-order valence-corrected chi connectivity index (χ3v) is 4.45. The van der Waals surface area contributed by atoms with Crippen LogP contribution in [0.5, 0.6) is 0 Å². The number of carboxylic acids is 1. The van der Waals surface area contributed by atoms with E-state index in [2.05, 4.69) is 15.3 Å². The minimum Gasteiger partial charge on any atom is -0.477 e. The van der Waals surface area contributed by atoms with E-state index in [1.165, 1.54) is 6.07 Å². The van der Waals surface area contributed by atoms with Crippen LogP contribution in [0.3, 0.4) is 0 Å². The summed E-state index contributed by atoms with van der Waals surface area (Å²) in [6, 6.07) is 6.37. The molecular weight excluding hydrogens is 326 g/mol. The Labute approximate surface area is 141 Å². The lowest BCUT2D eigenvalue weighted by atomic mass is 9.90. The number of aromatic amines is 1. The average molecular weight is 339 g/mol. The van der Waals surface area contributed by atoms with Crippen molar-refractivity contribution in [1.82, 2.24) is 20.0 Å². The average Bonchev–Trinajstić information content (AvgIpc) is 3.16. The molecule has 2 aromatic heterocycles. The summed E-state index contributed by atoms with van der Waals surface area (Å²) in [6.07, 6.45) is 1.11. The van der Waals surface area contributed by atoms with Crippen LogP contribution in [0.25, 0.3) is 22.5 Å². The van der Waals surface area contributed by atoms with Gasteiger partial charge < -0.3 is 5.11 Å². The lowest BCUT2D eigenvalue weighted by Gasteiger charge is -2.13. The predicted molar refractivity (Wildman–Crippen MR) is 87.2 cm³/mol. The molecule has 0 saturated heterocycles. The molecule has 0 fully saturated rings.